The van der Waals surface area contributed by atoms with Crippen LogP contribution >= 0.6 is 11.9 Å². The predicted molar refractivity (Wildman–Crippen MR) is 124 cm³/mol. The standard InChI is InChI=1S/C22H34N4O4S/c1-18-16-24-26(17-18)19(2)20-4-6-21(7-5-20)22(27)23-8-10-28-12-14-30-15-13-29-11-9-25-31-3/h4-7,16-17,19,25H,8-15H2,1-3H3,(H,23,27). The van der Waals surface area contributed by atoms with Gasteiger partial charge in [0.1, 0.15) is 0 Å². The van der Waals surface area contributed by atoms with E-state index in [-0.39, 0.29) is 11.9 Å². The fourth-order valence-corrected chi connectivity index (χ4v) is 3.09. The molecule has 0 radical (unpaired) electrons. The van der Waals surface area contributed by atoms with Crippen LogP contribution in [0.2, 0.25) is 0 Å². The Hall–Kier alpha value is -1.91. The molecule has 0 spiro atoms. The summed E-state index contributed by atoms with van der Waals surface area (Å²) in [6.45, 7) is 8.62. The molecule has 0 bridgehead atoms. The number of carbonyl (C=O) groups excluding carboxylic acids is 1. The highest BCUT2D eigenvalue weighted by molar-refractivity contribution is 7.96. The lowest BCUT2D eigenvalue weighted by molar-refractivity contribution is 0.0163. The van der Waals surface area contributed by atoms with Crippen molar-refractivity contribution in [3.05, 3.63) is 53.3 Å². The number of nitrogens with one attached hydrogen (secondary N) is 2. The molecular formula is C22H34N4O4S. The first-order chi connectivity index (χ1) is 15.1. The van der Waals surface area contributed by atoms with Crippen LogP contribution < -0.4 is 10.0 Å². The number of carbonyl (C=O) groups is 1. The number of benzene rings is 1. The van der Waals surface area contributed by atoms with Gasteiger partial charge in [0, 0.05) is 24.8 Å². The Kier molecular flexibility index (Phi) is 12.3. The molecule has 2 rings (SSSR count). The minimum absolute atomic E-state index is 0.109. The van der Waals surface area contributed by atoms with Crippen LogP contribution in [0.15, 0.2) is 36.7 Å². The van der Waals surface area contributed by atoms with Gasteiger partial charge in [-0.2, -0.15) is 5.10 Å². The Balaban J connectivity index is 1.53. The summed E-state index contributed by atoms with van der Waals surface area (Å²) in [5, 5.41) is 7.22. The highest BCUT2D eigenvalue weighted by atomic mass is 32.2. The van der Waals surface area contributed by atoms with Crippen LogP contribution in [0.5, 0.6) is 0 Å². The van der Waals surface area contributed by atoms with Gasteiger partial charge in [-0.25, -0.2) is 0 Å². The van der Waals surface area contributed by atoms with Crippen molar-refractivity contribution in [1.29, 1.82) is 0 Å². The molecule has 0 aliphatic heterocycles. The van der Waals surface area contributed by atoms with Crippen molar-refractivity contribution >= 4 is 17.9 Å². The van der Waals surface area contributed by atoms with E-state index < -0.39 is 0 Å². The van der Waals surface area contributed by atoms with Gasteiger partial charge in [0.15, 0.2) is 0 Å². The zero-order chi connectivity index (χ0) is 22.3. The van der Waals surface area contributed by atoms with Crippen LogP contribution in [0, 0.1) is 6.92 Å². The molecule has 1 aromatic carbocycles. The van der Waals surface area contributed by atoms with Gasteiger partial charge in [-0.05, 0) is 43.4 Å². The Labute approximate surface area is 189 Å². The molecule has 172 valence electrons. The molecular weight excluding hydrogens is 416 g/mol. The minimum atomic E-state index is -0.109. The number of nitrogens with zero attached hydrogens (tertiary/aromatic N) is 2. The lowest BCUT2D eigenvalue weighted by Crippen LogP contribution is -2.27. The van der Waals surface area contributed by atoms with E-state index in [2.05, 4.69) is 22.1 Å². The van der Waals surface area contributed by atoms with Gasteiger partial charge in [-0.3, -0.25) is 14.2 Å². The first-order valence-corrected chi connectivity index (χ1v) is 11.7. The van der Waals surface area contributed by atoms with Gasteiger partial charge in [0.2, 0.25) is 0 Å². The van der Waals surface area contributed by atoms with E-state index in [9.17, 15) is 4.79 Å². The highest BCUT2D eigenvalue weighted by Gasteiger charge is 2.10. The molecule has 1 unspecified atom stereocenters. The Bertz CT molecular complexity index is 754. The van der Waals surface area contributed by atoms with Gasteiger partial charge in [0.05, 0.1) is 51.9 Å². The van der Waals surface area contributed by atoms with E-state index in [1.54, 1.807) is 11.9 Å². The maximum atomic E-state index is 12.3. The average Bonchev–Trinajstić information content (AvgIpc) is 3.22. The van der Waals surface area contributed by atoms with Crippen molar-refractivity contribution < 1.29 is 19.0 Å². The number of aromatic nitrogens is 2. The van der Waals surface area contributed by atoms with Gasteiger partial charge in [0.25, 0.3) is 5.91 Å². The second-order valence-corrected chi connectivity index (χ2v) is 7.68. The molecule has 2 N–H and O–H groups in total. The third-order valence-electron chi connectivity index (χ3n) is 4.55. The van der Waals surface area contributed by atoms with Gasteiger partial charge >= 0.3 is 0 Å². The number of ether oxygens (including phenoxy) is 3. The van der Waals surface area contributed by atoms with Crippen molar-refractivity contribution in [2.45, 2.75) is 19.9 Å². The highest BCUT2D eigenvalue weighted by Crippen LogP contribution is 2.18. The van der Waals surface area contributed by atoms with Crippen molar-refractivity contribution in [2.24, 2.45) is 0 Å². The zero-order valence-corrected chi connectivity index (χ0v) is 19.5. The van der Waals surface area contributed by atoms with Crippen LogP contribution in [-0.2, 0) is 14.2 Å². The molecule has 1 heterocycles. The minimum Gasteiger partial charge on any atom is -0.378 e. The summed E-state index contributed by atoms with van der Waals surface area (Å²) in [6, 6.07) is 7.72. The summed E-state index contributed by atoms with van der Waals surface area (Å²) in [6.07, 6.45) is 5.83. The lowest BCUT2D eigenvalue weighted by atomic mass is 10.1. The first-order valence-electron chi connectivity index (χ1n) is 10.5. The van der Waals surface area contributed by atoms with Crippen LogP contribution in [0.1, 0.15) is 34.5 Å². The average molecular weight is 451 g/mol. The van der Waals surface area contributed by atoms with E-state index in [1.807, 2.05) is 54.5 Å². The summed E-state index contributed by atoms with van der Waals surface area (Å²) in [5.74, 6) is -0.109. The monoisotopic (exact) mass is 450 g/mol. The third-order valence-corrected chi connectivity index (χ3v) is 5.04. The molecule has 31 heavy (non-hydrogen) atoms. The number of aryl methyl sites for hydroxylation is 1. The SMILES string of the molecule is CSNCCOCCOCCOCCNC(=O)c1ccc(C(C)n2cc(C)cn2)cc1. The molecule has 1 amide bonds. The van der Waals surface area contributed by atoms with Crippen LogP contribution in [0.25, 0.3) is 0 Å². The molecule has 0 saturated heterocycles. The molecule has 0 saturated carbocycles. The maximum Gasteiger partial charge on any atom is 0.251 e. The molecule has 2 aromatic rings. The summed E-state index contributed by atoms with van der Waals surface area (Å²) in [7, 11) is 0. The molecule has 1 atom stereocenters. The summed E-state index contributed by atoms with van der Waals surface area (Å²) in [5.41, 5.74) is 2.86. The summed E-state index contributed by atoms with van der Waals surface area (Å²) in [4.78, 5) is 12.3. The second kappa shape index (κ2) is 15.0. The smallest absolute Gasteiger partial charge is 0.251 e. The topological polar surface area (TPSA) is 86.6 Å². The van der Waals surface area contributed by atoms with Crippen molar-refractivity contribution in [3.63, 3.8) is 0 Å². The lowest BCUT2D eigenvalue weighted by Gasteiger charge is -2.13. The van der Waals surface area contributed by atoms with E-state index in [0.717, 1.165) is 17.7 Å². The number of hydrogen-bond donors (Lipinski definition) is 2. The number of hydrogen-bond acceptors (Lipinski definition) is 7. The largest absolute Gasteiger partial charge is 0.378 e. The molecule has 1 aromatic heterocycles. The van der Waals surface area contributed by atoms with E-state index in [0.29, 0.717) is 51.7 Å². The van der Waals surface area contributed by atoms with Crippen LogP contribution in [0.3, 0.4) is 0 Å². The normalized spacial score (nSPS) is 12.1. The zero-order valence-electron chi connectivity index (χ0n) is 18.6. The van der Waals surface area contributed by atoms with Crippen LogP contribution in [0.4, 0.5) is 0 Å². The van der Waals surface area contributed by atoms with Crippen molar-refractivity contribution in [2.75, 3.05) is 59.0 Å². The summed E-state index contributed by atoms with van der Waals surface area (Å²) >= 11 is 1.58. The van der Waals surface area contributed by atoms with E-state index >= 15 is 0 Å². The number of rotatable bonds is 16. The fraction of sp³-hybridized carbons (Fsp3) is 0.545. The third kappa shape index (κ3) is 9.84. The molecule has 0 aliphatic carbocycles. The van der Waals surface area contributed by atoms with Crippen molar-refractivity contribution in [1.82, 2.24) is 19.8 Å². The fourth-order valence-electron chi connectivity index (χ4n) is 2.81. The Morgan fingerprint density at radius 3 is 2.23 bits per heavy atom. The second-order valence-electron chi connectivity index (χ2n) is 6.99. The molecule has 8 nitrogen and oxygen atoms in total. The van der Waals surface area contributed by atoms with E-state index in [1.165, 1.54) is 0 Å². The van der Waals surface area contributed by atoms with E-state index in [4.69, 9.17) is 14.2 Å². The molecule has 0 aliphatic rings. The maximum absolute atomic E-state index is 12.3. The van der Waals surface area contributed by atoms with Gasteiger partial charge < -0.3 is 19.5 Å². The predicted octanol–water partition coefficient (Wildman–Crippen LogP) is 2.45. The molecule has 0 fully saturated rings. The Morgan fingerprint density at radius 2 is 1.65 bits per heavy atom. The Morgan fingerprint density at radius 1 is 1.03 bits per heavy atom. The quantitative estimate of drug-likeness (QED) is 0.300. The summed E-state index contributed by atoms with van der Waals surface area (Å²) < 4.78 is 21.3. The number of amides is 1. The van der Waals surface area contributed by atoms with Gasteiger partial charge in [-0.15, -0.1) is 0 Å². The first kappa shape index (κ1) is 25.4. The van der Waals surface area contributed by atoms with Crippen LogP contribution in [-0.4, -0.2) is 74.7 Å². The van der Waals surface area contributed by atoms with Crippen molar-refractivity contribution in [3.8, 4) is 0 Å². The molecule has 9 heteroatoms. The van der Waals surface area contributed by atoms with Gasteiger partial charge in [-0.1, -0.05) is 24.1 Å².